The van der Waals surface area contributed by atoms with Gasteiger partial charge in [0.2, 0.25) is 0 Å². The van der Waals surface area contributed by atoms with Crippen LogP contribution in [0.2, 0.25) is 0 Å². The van der Waals surface area contributed by atoms with Gasteiger partial charge in [-0.2, -0.15) is 0 Å². The number of hydrogen-bond acceptors (Lipinski definition) is 3. The van der Waals surface area contributed by atoms with Gasteiger partial charge in [-0.25, -0.2) is 0 Å². The number of aromatic nitrogens is 1. The Kier molecular flexibility index (Phi) is 10.5. The van der Waals surface area contributed by atoms with E-state index in [1.54, 1.807) is 0 Å². The molecule has 0 atom stereocenters. The van der Waals surface area contributed by atoms with Crippen molar-refractivity contribution in [2.45, 2.75) is 68.2 Å². The Labute approximate surface area is 218 Å². The molecule has 0 bridgehead atoms. The molecule has 3 aromatic rings. The van der Waals surface area contributed by atoms with Crippen LogP contribution in [0.15, 0.2) is 47.2 Å². The molecule has 3 rings (SSSR count). The minimum absolute atomic E-state index is 0. The van der Waals surface area contributed by atoms with E-state index in [1.807, 2.05) is 47.7 Å². The smallest absolute Gasteiger partial charge is 0 e. The first-order valence-electron chi connectivity index (χ1n) is 11.0. The zero-order valence-corrected chi connectivity index (χ0v) is 25.3. The summed E-state index contributed by atoms with van der Waals surface area (Å²) in [5.74, 6) is 0.639. The summed E-state index contributed by atoms with van der Waals surface area (Å²) in [5.41, 5.74) is 3.95. The van der Waals surface area contributed by atoms with E-state index in [0.29, 0.717) is 20.4 Å². The van der Waals surface area contributed by atoms with E-state index >= 15 is 0 Å². The maximum absolute atomic E-state index is 11.5. The van der Waals surface area contributed by atoms with Gasteiger partial charge < -0.3 is 5.11 Å². The molecule has 2 heterocycles. The normalized spacial score (nSPS) is 12.2. The molecule has 0 aliphatic carbocycles. The number of ketones is 1. The van der Waals surface area contributed by atoms with Crippen molar-refractivity contribution in [3.63, 3.8) is 0 Å². The van der Waals surface area contributed by atoms with Crippen LogP contribution in [0, 0.1) is 23.8 Å². The van der Waals surface area contributed by atoms with Gasteiger partial charge in [0, 0.05) is 37.0 Å². The standard InChI is InChI=1S/C17H16NSe.C11H20O2.Ir/c1-11(2)14-6-12(3)7-15(8-14)16-9-17-13(10-18-16)4-5-19-17;1-10(2,3)8(12)7-9(13)11(4,5)6;/h4-6,8-11H,1-3H3;7,12H,1-6H3;/q-1;;/b;8-7-;. The van der Waals surface area contributed by atoms with Crippen LogP contribution >= 0.6 is 0 Å². The number of hydrogen-bond donors (Lipinski definition) is 1. The van der Waals surface area contributed by atoms with Crippen molar-refractivity contribution in [3.8, 4) is 11.3 Å². The third-order valence-electron chi connectivity index (χ3n) is 5.08. The van der Waals surface area contributed by atoms with Crippen LogP contribution in [0.25, 0.3) is 20.9 Å². The fourth-order valence-corrected chi connectivity index (χ4v) is 4.45. The number of aryl methyl sites for hydroxylation is 1. The minimum Gasteiger partial charge on any atom is 0 e. The summed E-state index contributed by atoms with van der Waals surface area (Å²) in [6.07, 6.45) is 3.32. The maximum Gasteiger partial charge on any atom is 0 e. The zero-order chi connectivity index (χ0) is 24.3. The second kappa shape index (κ2) is 11.8. The molecule has 0 aliphatic rings. The van der Waals surface area contributed by atoms with Crippen molar-refractivity contribution >= 4 is 29.9 Å². The van der Waals surface area contributed by atoms with Crippen molar-refractivity contribution in [1.82, 2.24) is 4.98 Å². The molecule has 0 saturated heterocycles. The van der Waals surface area contributed by atoms with E-state index in [-0.39, 0.29) is 37.1 Å². The van der Waals surface area contributed by atoms with E-state index in [4.69, 9.17) is 0 Å². The number of carbonyl (C=O) groups excluding carboxylic acids is 1. The summed E-state index contributed by atoms with van der Waals surface area (Å²) in [6, 6.07) is 12.3. The molecule has 3 nitrogen and oxygen atoms in total. The number of benzene rings is 1. The molecule has 0 aliphatic heterocycles. The van der Waals surface area contributed by atoms with Crippen molar-refractivity contribution in [3.05, 3.63) is 64.4 Å². The van der Waals surface area contributed by atoms with Gasteiger partial charge >= 0.3 is 120 Å². The summed E-state index contributed by atoms with van der Waals surface area (Å²) < 4.78 is 1.43. The Hall–Kier alpha value is -1.51. The average molecular weight is 690 g/mol. The third kappa shape index (κ3) is 8.65. The second-order valence-electron chi connectivity index (χ2n) is 10.6. The molecular formula is C28H36IrNO2Se-. The summed E-state index contributed by atoms with van der Waals surface area (Å²) in [4.78, 5) is 18.3. The molecule has 0 fully saturated rings. The van der Waals surface area contributed by atoms with E-state index in [0.717, 1.165) is 11.3 Å². The number of aliphatic hydroxyl groups is 1. The van der Waals surface area contributed by atoms with Crippen LogP contribution in [0.4, 0.5) is 0 Å². The average Bonchev–Trinajstić information content (AvgIpc) is 3.14. The summed E-state index contributed by atoms with van der Waals surface area (Å²) in [5, 5.41) is 10.8. The molecule has 0 amide bonds. The molecule has 0 spiro atoms. The second-order valence-corrected chi connectivity index (χ2v) is 12.6. The molecule has 181 valence electrons. The van der Waals surface area contributed by atoms with Crippen molar-refractivity contribution in [1.29, 1.82) is 0 Å². The van der Waals surface area contributed by atoms with E-state index < -0.39 is 5.41 Å². The van der Waals surface area contributed by atoms with Crippen molar-refractivity contribution in [2.24, 2.45) is 10.8 Å². The predicted octanol–water partition coefficient (Wildman–Crippen LogP) is 7.28. The van der Waals surface area contributed by atoms with E-state index in [2.05, 4.69) is 61.0 Å². The zero-order valence-electron chi connectivity index (χ0n) is 21.2. The third-order valence-corrected chi connectivity index (χ3v) is 6.93. The first kappa shape index (κ1) is 29.5. The molecule has 1 aromatic carbocycles. The van der Waals surface area contributed by atoms with Crippen LogP contribution in [0.1, 0.15) is 72.4 Å². The number of nitrogens with zero attached hydrogens (tertiary/aromatic N) is 1. The van der Waals surface area contributed by atoms with E-state index in [9.17, 15) is 9.90 Å². The largest absolute Gasteiger partial charge is 0 e. The monoisotopic (exact) mass is 691 g/mol. The molecular weight excluding hydrogens is 653 g/mol. The van der Waals surface area contributed by atoms with Crippen LogP contribution in [0.5, 0.6) is 0 Å². The first-order valence-corrected chi connectivity index (χ1v) is 12.9. The number of aliphatic hydroxyl groups excluding tert-OH is 1. The van der Waals surface area contributed by atoms with Crippen LogP contribution in [0.3, 0.4) is 0 Å². The summed E-state index contributed by atoms with van der Waals surface area (Å²) >= 11 is 0.470. The van der Waals surface area contributed by atoms with Gasteiger partial charge in [-0.3, -0.25) is 4.79 Å². The van der Waals surface area contributed by atoms with Gasteiger partial charge in [0.05, 0.1) is 0 Å². The van der Waals surface area contributed by atoms with Gasteiger partial charge in [0.1, 0.15) is 5.76 Å². The number of fused-ring (bicyclic) bond motifs is 1. The number of allylic oxidation sites excluding steroid dienone is 2. The van der Waals surface area contributed by atoms with Gasteiger partial charge in [0.25, 0.3) is 0 Å². The Morgan fingerprint density at radius 1 is 1.09 bits per heavy atom. The quantitative estimate of drug-likeness (QED) is 0.136. The number of pyridine rings is 1. The van der Waals surface area contributed by atoms with Crippen molar-refractivity contribution in [2.75, 3.05) is 0 Å². The van der Waals surface area contributed by atoms with Gasteiger partial charge in [0.15, 0.2) is 5.78 Å². The number of rotatable bonds is 3. The first-order chi connectivity index (χ1) is 14.7. The molecule has 5 heteroatoms. The molecule has 1 radical (unpaired) electrons. The Bertz CT molecular complexity index is 1110. The van der Waals surface area contributed by atoms with E-state index in [1.165, 1.54) is 26.8 Å². The molecule has 2 aromatic heterocycles. The molecule has 0 saturated carbocycles. The Balaban J connectivity index is 0.000000346. The van der Waals surface area contributed by atoms with Crippen LogP contribution in [-0.4, -0.2) is 30.4 Å². The van der Waals surface area contributed by atoms with Crippen LogP contribution in [-0.2, 0) is 24.9 Å². The van der Waals surface area contributed by atoms with Crippen LogP contribution < -0.4 is 0 Å². The molecule has 0 unspecified atom stereocenters. The van der Waals surface area contributed by atoms with Crippen molar-refractivity contribution < 1.29 is 30.0 Å². The Morgan fingerprint density at radius 3 is 2.27 bits per heavy atom. The predicted molar refractivity (Wildman–Crippen MR) is 136 cm³/mol. The van der Waals surface area contributed by atoms with Gasteiger partial charge in [-0.05, 0) is 0 Å². The van der Waals surface area contributed by atoms with Gasteiger partial charge in [-0.1, -0.05) is 41.5 Å². The fraction of sp³-hybridized carbons (Fsp3) is 0.429. The number of carbonyl (C=O) groups is 1. The molecule has 33 heavy (non-hydrogen) atoms. The Morgan fingerprint density at radius 2 is 1.73 bits per heavy atom. The minimum atomic E-state index is -0.417. The SMILES string of the molecule is CC(C)(C)C(=O)/C=C(\O)C(C)(C)C.Cc1[c-]c(-c2cc3[se]ccc3cn2)cc(C(C)C)c1.[Ir]. The molecule has 1 N–H and O–H groups in total. The summed E-state index contributed by atoms with van der Waals surface area (Å²) in [6.45, 7) is 17.7. The maximum atomic E-state index is 11.5. The summed E-state index contributed by atoms with van der Waals surface area (Å²) in [7, 11) is 0. The van der Waals surface area contributed by atoms with Gasteiger partial charge in [-0.15, -0.1) is 0 Å². The fourth-order valence-electron chi connectivity index (χ4n) is 2.77. The topological polar surface area (TPSA) is 50.2 Å².